The van der Waals surface area contributed by atoms with Gasteiger partial charge in [0.25, 0.3) is 0 Å². The van der Waals surface area contributed by atoms with Gasteiger partial charge >= 0.3 is 0 Å². The highest BCUT2D eigenvalue weighted by Gasteiger charge is 2.11. The van der Waals surface area contributed by atoms with Crippen molar-refractivity contribution in [3.05, 3.63) is 34.1 Å². The van der Waals surface area contributed by atoms with Crippen LogP contribution in [0.3, 0.4) is 0 Å². The van der Waals surface area contributed by atoms with Crippen LogP contribution in [0.15, 0.2) is 12.1 Å². The number of hydrogen-bond donors (Lipinski definition) is 1. The minimum Gasteiger partial charge on any atom is -0.318 e. The van der Waals surface area contributed by atoms with Gasteiger partial charge in [-0.1, -0.05) is 11.6 Å². The van der Waals surface area contributed by atoms with Crippen LogP contribution in [0.4, 0.5) is 4.39 Å². The van der Waals surface area contributed by atoms with Gasteiger partial charge < -0.3 is 10.5 Å². The van der Waals surface area contributed by atoms with Crippen LogP contribution in [-0.4, -0.2) is 6.29 Å². The summed E-state index contributed by atoms with van der Waals surface area (Å²) in [6, 6.07) is 1.79. The third-order valence-electron chi connectivity index (χ3n) is 1.78. The molecule has 0 saturated heterocycles. The summed E-state index contributed by atoms with van der Waals surface area (Å²) in [5, 5.41) is 0.318. The molecule has 0 aromatic heterocycles. The summed E-state index contributed by atoms with van der Waals surface area (Å²) in [6.45, 7) is 1.59. The van der Waals surface area contributed by atoms with Crippen LogP contribution in [-0.2, 0) is 4.79 Å². The van der Waals surface area contributed by atoms with E-state index < -0.39 is 11.9 Å². The summed E-state index contributed by atoms with van der Waals surface area (Å²) < 4.78 is 13.0. The van der Waals surface area contributed by atoms with Gasteiger partial charge in [0.2, 0.25) is 0 Å². The molecule has 0 bridgehead atoms. The first-order valence-electron chi connectivity index (χ1n) is 3.72. The zero-order valence-corrected chi connectivity index (χ0v) is 7.81. The number of benzene rings is 1. The van der Waals surface area contributed by atoms with Crippen molar-refractivity contribution >= 4 is 17.9 Å². The molecule has 1 aromatic rings. The molecule has 13 heavy (non-hydrogen) atoms. The molecule has 70 valence electrons. The van der Waals surface area contributed by atoms with Gasteiger partial charge in [0.05, 0.1) is 6.04 Å². The van der Waals surface area contributed by atoms with E-state index in [4.69, 9.17) is 17.3 Å². The normalized spacial score (nSPS) is 12.6. The second kappa shape index (κ2) is 3.85. The molecule has 0 radical (unpaired) electrons. The molecule has 0 saturated carbocycles. The number of halogens is 2. The fourth-order valence-corrected chi connectivity index (χ4v) is 1.33. The molecule has 0 heterocycles. The zero-order valence-electron chi connectivity index (χ0n) is 7.05. The number of carbonyl (C=O) groups excluding carboxylic acids is 1. The van der Waals surface area contributed by atoms with E-state index in [2.05, 4.69) is 0 Å². The molecule has 2 N–H and O–H groups in total. The quantitative estimate of drug-likeness (QED) is 0.744. The Hall–Kier alpha value is -0.930. The average Bonchev–Trinajstić information content (AvgIpc) is 2.10. The van der Waals surface area contributed by atoms with E-state index in [9.17, 15) is 9.18 Å². The summed E-state index contributed by atoms with van der Waals surface area (Å²) in [4.78, 5) is 10.3. The third kappa shape index (κ3) is 2.05. The third-order valence-corrected chi connectivity index (χ3v) is 2.11. The fraction of sp³-hybridized carbons (Fsp3) is 0.222. The van der Waals surface area contributed by atoms with E-state index in [0.717, 1.165) is 0 Å². The minimum atomic E-state index is -0.859. The van der Waals surface area contributed by atoms with Crippen LogP contribution >= 0.6 is 11.6 Å². The molecule has 4 heteroatoms. The largest absolute Gasteiger partial charge is 0.318 e. The zero-order chi connectivity index (χ0) is 10.0. The summed E-state index contributed by atoms with van der Waals surface area (Å²) in [5.41, 5.74) is 6.15. The van der Waals surface area contributed by atoms with Gasteiger partial charge in [-0.05, 0) is 30.2 Å². The monoisotopic (exact) mass is 201 g/mol. The molecule has 1 atom stereocenters. The Morgan fingerprint density at radius 2 is 2.23 bits per heavy atom. The Labute approximate surface area is 80.5 Å². The molecular weight excluding hydrogens is 193 g/mol. The lowest BCUT2D eigenvalue weighted by Gasteiger charge is -2.08. The first-order chi connectivity index (χ1) is 6.06. The number of aryl methyl sites for hydroxylation is 1. The number of rotatable bonds is 2. The van der Waals surface area contributed by atoms with Crippen molar-refractivity contribution < 1.29 is 9.18 Å². The highest BCUT2D eigenvalue weighted by molar-refractivity contribution is 6.31. The van der Waals surface area contributed by atoms with Gasteiger partial charge in [-0.15, -0.1) is 0 Å². The lowest BCUT2D eigenvalue weighted by atomic mass is 10.1. The number of carbonyl (C=O) groups is 1. The Kier molecular flexibility index (Phi) is 3.01. The standard InChI is InChI=1S/C9H9ClFNO/c1-5-2-7(10)6(3-8(5)11)9(12)4-13/h2-4,9H,12H2,1H3. The molecule has 1 unspecified atom stereocenters. The first kappa shape index (κ1) is 10.2. The van der Waals surface area contributed by atoms with E-state index in [1.807, 2.05) is 0 Å². The fourth-order valence-electron chi connectivity index (χ4n) is 0.990. The molecule has 0 aliphatic rings. The van der Waals surface area contributed by atoms with Crippen molar-refractivity contribution in [2.75, 3.05) is 0 Å². The summed E-state index contributed by atoms with van der Waals surface area (Å²) in [6.07, 6.45) is 0.524. The molecule has 1 aromatic carbocycles. The van der Waals surface area contributed by atoms with Crippen LogP contribution < -0.4 is 5.73 Å². The summed E-state index contributed by atoms with van der Waals surface area (Å²) in [7, 11) is 0. The van der Waals surface area contributed by atoms with E-state index in [-0.39, 0.29) is 0 Å². The maximum Gasteiger partial charge on any atom is 0.141 e. The molecule has 0 amide bonds. The summed E-state index contributed by atoms with van der Waals surface area (Å²) in [5.74, 6) is -0.406. The van der Waals surface area contributed by atoms with Crippen LogP contribution in [0.1, 0.15) is 17.2 Å². The van der Waals surface area contributed by atoms with Crippen molar-refractivity contribution in [2.45, 2.75) is 13.0 Å². The molecule has 1 rings (SSSR count). The molecular formula is C9H9ClFNO. The van der Waals surface area contributed by atoms with Crippen molar-refractivity contribution in [1.29, 1.82) is 0 Å². The second-order valence-electron chi connectivity index (χ2n) is 2.78. The molecule has 0 aliphatic heterocycles. The van der Waals surface area contributed by atoms with E-state index in [1.165, 1.54) is 12.1 Å². The van der Waals surface area contributed by atoms with Crippen molar-refractivity contribution in [2.24, 2.45) is 5.73 Å². The lowest BCUT2D eigenvalue weighted by Crippen LogP contribution is -2.12. The van der Waals surface area contributed by atoms with Gasteiger partial charge in [-0.2, -0.15) is 0 Å². The lowest BCUT2D eigenvalue weighted by molar-refractivity contribution is -0.109. The number of hydrogen-bond acceptors (Lipinski definition) is 2. The Bertz CT molecular complexity index is 341. The summed E-state index contributed by atoms with van der Waals surface area (Å²) >= 11 is 5.77. The average molecular weight is 202 g/mol. The van der Waals surface area contributed by atoms with Crippen molar-refractivity contribution in [3.8, 4) is 0 Å². The smallest absolute Gasteiger partial charge is 0.141 e. The molecule has 2 nitrogen and oxygen atoms in total. The van der Waals surface area contributed by atoms with E-state index >= 15 is 0 Å². The van der Waals surface area contributed by atoms with Crippen LogP contribution in [0.25, 0.3) is 0 Å². The van der Waals surface area contributed by atoms with E-state index in [0.29, 0.717) is 22.4 Å². The topological polar surface area (TPSA) is 43.1 Å². The molecule has 0 spiro atoms. The predicted molar refractivity (Wildman–Crippen MR) is 49.1 cm³/mol. The predicted octanol–water partition coefficient (Wildman–Crippen LogP) is 1.99. The SMILES string of the molecule is Cc1cc(Cl)c(C(N)C=O)cc1F. The second-order valence-corrected chi connectivity index (χ2v) is 3.19. The Morgan fingerprint density at radius 1 is 1.62 bits per heavy atom. The molecule has 0 aliphatic carbocycles. The first-order valence-corrected chi connectivity index (χ1v) is 4.10. The Morgan fingerprint density at radius 3 is 2.77 bits per heavy atom. The van der Waals surface area contributed by atoms with Gasteiger partial charge in [-0.25, -0.2) is 4.39 Å². The highest BCUT2D eigenvalue weighted by Crippen LogP contribution is 2.23. The van der Waals surface area contributed by atoms with Gasteiger partial charge in [0, 0.05) is 5.02 Å². The van der Waals surface area contributed by atoms with Crippen LogP contribution in [0.5, 0.6) is 0 Å². The Balaban J connectivity index is 3.22. The molecule has 0 fully saturated rings. The minimum absolute atomic E-state index is 0.318. The highest BCUT2D eigenvalue weighted by atomic mass is 35.5. The van der Waals surface area contributed by atoms with Gasteiger partial charge in [0.15, 0.2) is 0 Å². The van der Waals surface area contributed by atoms with Crippen LogP contribution in [0.2, 0.25) is 5.02 Å². The number of nitrogens with two attached hydrogens (primary N) is 1. The van der Waals surface area contributed by atoms with E-state index in [1.54, 1.807) is 6.92 Å². The van der Waals surface area contributed by atoms with Crippen LogP contribution in [0, 0.1) is 12.7 Å². The van der Waals surface area contributed by atoms with Gasteiger partial charge in [-0.3, -0.25) is 0 Å². The maximum atomic E-state index is 13.0. The van der Waals surface area contributed by atoms with Crippen molar-refractivity contribution in [3.63, 3.8) is 0 Å². The van der Waals surface area contributed by atoms with Crippen molar-refractivity contribution in [1.82, 2.24) is 0 Å². The van der Waals surface area contributed by atoms with Gasteiger partial charge in [0.1, 0.15) is 12.1 Å². The maximum absolute atomic E-state index is 13.0. The number of aldehydes is 1.